The van der Waals surface area contributed by atoms with Gasteiger partial charge in [-0.3, -0.25) is 4.79 Å². The van der Waals surface area contributed by atoms with Gasteiger partial charge in [0.2, 0.25) is 0 Å². The quantitative estimate of drug-likeness (QED) is 0.744. The van der Waals surface area contributed by atoms with Crippen LogP contribution in [0.5, 0.6) is 0 Å². The molecule has 0 aliphatic heterocycles. The van der Waals surface area contributed by atoms with E-state index in [1.54, 1.807) is 11.0 Å². The lowest BCUT2D eigenvalue weighted by atomic mass is 10.1. The molecule has 0 aromatic heterocycles. The Bertz CT molecular complexity index is 615. The number of hydrogen-bond acceptors (Lipinski definition) is 1. The van der Waals surface area contributed by atoms with Crippen LogP contribution < -0.4 is 0 Å². The fourth-order valence-electron chi connectivity index (χ4n) is 2.14. The lowest BCUT2D eigenvalue weighted by Gasteiger charge is -2.18. The minimum absolute atomic E-state index is 0.0469. The van der Waals surface area contributed by atoms with Gasteiger partial charge in [-0.1, -0.05) is 48.0 Å². The van der Waals surface area contributed by atoms with Crippen molar-refractivity contribution in [3.63, 3.8) is 0 Å². The zero-order valence-electron chi connectivity index (χ0n) is 11.9. The van der Waals surface area contributed by atoms with Crippen molar-refractivity contribution in [3.8, 4) is 0 Å². The summed E-state index contributed by atoms with van der Waals surface area (Å²) >= 11 is 9.51. The monoisotopic (exact) mass is 365 g/mol. The average molecular weight is 367 g/mol. The summed E-state index contributed by atoms with van der Waals surface area (Å²) in [6.45, 7) is 0.705. The van der Waals surface area contributed by atoms with Gasteiger partial charge >= 0.3 is 0 Å². The summed E-state index contributed by atoms with van der Waals surface area (Å²) < 4.78 is 0.743. The number of benzene rings is 2. The number of nitrogens with zero attached hydrogens (tertiary/aromatic N) is 1. The largest absolute Gasteiger partial charge is 0.342 e. The SMILES string of the molecule is CN(CCCc1ccccc1)C(=O)c1cccc(Br)c1Cl. The predicted octanol–water partition coefficient (Wildman–Crippen LogP) is 4.81. The van der Waals surface area contributed by atoms with E-state index in [-0.39, 0.29) is 5.91 Å². The van der Waals surface area contributed by atoms with E-state index in [1.165, 1.54) is 5.56 Å². The number of aryl methyl sites for hydroxylation is 1. The second kappa shape index (κ2) is 7.62. The summed E-state index contributed by atoms with van der Waals surface area (Å²) in [6.07, 6.45) is 1.89. The number of carbonyl (C=O) groups excluding carboxylic acids is 1. The summed E-state index contributed by atoms with van der Waals surface area (Å²) in [7, 11) is 1.81. The van der Waals surface area contributed by atoms with Crippen molar-refractivity contribution in [2.75, 3.05) is 13.6 Å². The Labute approximate surface area is 138 Å². The molecule has 2 nitrogen and oxygen atoms in total. The maximum Gasteiger partial charge on any atom is 0.255 e. The van der Waals surface area contributed by atoms with Crippen LogP contribution in [0.15, 0.2) is 53.0 Å². The molecule has 1 amide bonds. The van der Waals surface area contributed by atoms with Gasteiger partial charge in [-0.25, -0.2) is 0 Å². The van der Waals surface area contributed by atoms with Gasteiger partial charge in [0.15, 0.2) is 0 Å². The zero-order chi connectivity index (χ0) is 15.2. The van der Waals surface area contributed by atoms with Gasteiger partial charge in [0.05, 0.1) is 10.6 Å². The third-order valence-electron chi connectivity index (χ3n) is 3.33. The van der Waals surface area contributed by atoms with Crippen LogP contribution in [0.4, 0.5) is 0 Å². The van der Waals surface area contributed by atoms with Crippen LogP contribution in [0.1, 0.15) is 22.3 Å². The lowest BCUT2D eigenvalue weighted by Crippen LogP contribution is -2.28. The summed E-state index contributed by atoms with van der Waals surface area (Å²) in [6, 6.07) is 15.7. The number of carbonyl (C=O) groups is 1. The van der Waals surface area contributed by atoms with Crippen molar-refractivity contribution in [3.05, 3.63) is 69.2 Å². The molecule has 4 heteroatoms. The molecule has 0 saturated heterocycles. The van der Waals surface area contributed by atoms with Crippen LogP contribution in [0.3, 0.4) is 0 Å². The van der Waals surface area contributed by atoms with Crippen LogP contribution in [-0.4, -0.2) is 24.4 Å². The molecular weight excluding hydrogens is 350 g/mol. The lowest BCUT2D eigenvalue weighted by molar-refractivity contribution is 0.0793. The third-order valence-corrected chi connectivity index (χ3v) is 4.63. The molecule has 0 fully saturated rings. The maximum atomic E-state index is 12.4. The molecule has 2 rings (SSSR count). The predicted molar refractivity (Wildman–Crippen MR) is 90.9 cm³/mol. The highest BCUT2D eigenvalue weighted by Gasteiger charge is 2.16. The third kappa shape index (κ3) is 4.32. The number of halogens is 2. The topological polar surface area (TPSA) is 20.3 Å². The molecule has 0 radical (unpaired) electrons. The number of rotatable bonds is 5. The summed E-state index contributed by atoms with van der Waals surface area (Å²) in [5.74, 6) is -0.0469. The average Bonchev–Trinajstić information content (AvgIpc) is 2.50. The van der Waals surface area contributed by atoms with Gasteiger partial charge < -0.3 is 4.90 Å². The van der Waals surface area contributed by atoms with E-state index >= 15 is 0 Å². The van der Waals surface area contributed by atoms with E-state index in [0.717, 1.165) is 17.3 Å². The molecule has 0 aliphatic rings. The highest BCUT2D eigenvalue weighted by atomic mass is 79.9. The second-order valence-electron chi connectivity index (χ2n) is 4.92. The fraction of sp³-hybridized carbons (Fsp3) is 0.235. The van der Waals surface area contributed by atoms with Gasteiger partial charge in [-0.2, -0.15) is 0 Å². The maximum absolute atomic E-state index is 12.4. The molecule has 2 aromatic rings. The Morgan fingerprint density at radius 1 is 1.14 bits per heavy atom. The normalized spacial score (nSPS) is 10.4. The van der Waals surface area contributed by atoms with E-state index in [9.17, 15) is 4.79 Å². The summed E-state index contributed by atoms with van der Waals surface area (Å²) in [4.78, 5) is 14.1. The molecule has 0 unspecified atom stereocenters. The van der Waals surface area contributed by atoms with Crippen molar-refractivity contribution in [1.82, 2.24) is 4.90 Å². The summed E-state index contributed by atoms with van der Waals surface area (Å²) in [5, 5.41) is 0.470. The number of hydrogen-bond donors (Lipinski definition) is 0. The van der Waals surface area contributed by atoms with Crippen LogP contribution in [0.2, 0.25) is 5.02 Å². The van der Waals surface area contributed by atoms with Gasteiger partial charge in [0, 0.05) is 18.1 Å². The molecule has 2 aromatic carbocycles. The van der Waals surface area contributed by atoms with Gasteiger partial charge in [0.25, 0.3) is 5.91 Å². The van der Waals surface area contributed by atoms with E-state index in [2.05, 4.69) is 28.1 Å². The van der Waals surface area contributed by atoms with E-state index in [1.807, 2.05) is 37.4 Å². The van der Waals surface area contributed by atoms with Crippen molar-refractivity contribution >= 4 is 33.4 Å². The molecule has 0 N–H and O–H groups in total. The van der Waals surface area contributed by atoms with Crippen molar-refractivity contribution in [2.45, 2.75) is 12.8 Å². The van der Waals surface area contributed by atoms with Gasteiger partial charge in [-0.15, -0.1) is 0 Å². The molecule has 0 atom stereocenters. The minimum Gasteiger partial charge on any atom is -0.342 e. The van der Waals surface area contributed by atoms with Crippen LogP contribution in [0.25, 0.3) is 0 Å². The van der Waals surface area contributed by atoms with Crippen LogP contribution >= 0.6 is 27.5 Å². The molecule has 21 heavy (non-hydrogen) atoms. The molecule has 110 valence electrons. The second-order valence-corrected chi connectivity index (χ2v) is 6.15. The van der Waals surface area contributed by atoms with Gasteiger partial charge in [0.1, 0.15) is 0 Å². The summed E-state index contributed by atoms with van der Waals surface area (Å²) in [5.41, 5.74) is 1.83. The molecule has 0 bridgehead atoms. The van der Waals surface area contributed by atoms with Crippen molar-refractivity contribution in [2.24, 2.45) is 0 Å². The molecular formula is C17H17BrClNO. The van der Waals surface area contributed by atoms with Crippen LogP contribution in [-0.2, 0) is 6.42 Å². The fourth-order valence-corrected chi connectivity index (χ4v) is 2.71. The van der Waals surface area contributed by atoms with E-state index in [0.29, 0.717) is 17.1 Å². The first-order valence-electron chi connectivity index (χ1n) is 6.83. The Morgan fingerprint density at radius 3 is 2.57 bits per heavy atom. The molecule has 0 aliphatic carbocycles. The Hall–Kier alpha value is -1.32. The number of amides is 1. The van der Waals surface area contributed by atoms with Crippen molar-refractivity contribution in [1.29, 1.82) is 0 Å². The standard InChI is InChI=1S/C17H17BrClNO/c1-20(12-6-9-13-7-3-2-4-8-13)17(21)14-10-5-11-15(18)16(14)19/h2-5,7-8,10-11H,6,9,12H2,1H3. The van der Waals surface area contributed by atoms with Gasteiger partial charge in [-0.05, 0) is 46.5 Å². The zero-order valence-corrected chi connectivity index (χ0v) is 14.2. The smallest absolute Gasteiger partial charge is 0.255 e. The van der Waals surface area contributed by atoms with E-state index in [4.69, 9.17) is 11.6 Å². The molecule has 0 saturated carbocycles. The van der Waals surface area contributed by atoms with Crippen LogP contribution in [0, 0.1) is 0 Å². The highest BCUT2D eigenvalue weighted by Crippen LogP contribution is 2.26. The first-order valence-corrected chi connectivity index (χ1v) is 8.00. The van der Waals surface area contributed by atoms with Crippen molar-refractivity contribution < 1.29 is 4.79 Å². The highest BCUT2D eigenvalue weighted by molar-refractivity contribution is 9.10. The molecule has 0 spiro atoms. The first-order chi connectivity index (χ1) is 10.1. The van der Waals surface area contributed by atoms with E-state index < -0.39 is 0 Å². The Kier molecular flexibility index (Phi) is 5.83. The Balaban J connectivity index is 1.92. The Morgan fingerprint density at radius 2 is 1.86 bits per heavy atom. The molecule has 0 heterocycles. The first kappa shape index (κ1) is 16.1. The minimum atomic E-state index is -0.0469.